The van der Waals surface area contributed by atoms with Crippen LogP contribution in [0.5, 0.6) is 0 Å². The molecule has 1 aliphatic rings. The van der Waals surface area contributed by atoms with Crippen LogP contribution >= 0.6 is 0 Å². The molecule has 31 heavy (non-hydrogen) atoms. The van der Waals surface area contributed by atoms with Gasteiger partial charge < -0.3 is 16.0 Å². The normalized spacial score (nSPS) is 14.3. The Morgan fingerprint density at radius 2 is 1.81 bits per heavy atom. The molecular formula is C23H19F3N4O. The second-order valence-electron chi connectivity index (χ2n) is 6.99. The van der Waals surface area contributed by atoms with Gasteiger partial charge in [0.15, 0.2) is 0 Å². The molecule has 0 saturated carbocycles. The predicted octanol–water partition coefficient (Wildman–Crippen LogP) is 5.16. The number of aromatic nitrogens is 1. The van der Waals surface area contributed by atoms with Crippen LogP contribution in [-0.4, -0.2) is 17.4 Å². The number of alkyl halides is 3. The standard InChI is InChI=1S/C23H19F3N4O/c24-23(25,26)19-13-16(5-6-21(19)28-12-9-15-7-10-27-11-8-15)29-14-18-17-3-1-2-4-20(17)30-22(18)31/h1-8,10-11,13-14,28-29H,9,12H2,(H,30,31). The lowest BCUT2D eigenvalue weighted by Crippen LogP contribution is -2.13. The van der Waals surface area contributed by atoms with Gasteiger partial charge in [0, 0.05) is 47.8 Å². The maximum atomic E-state index is 13.6. The van der Waals surface area contributed by atoms with Gasteiger partial charge in [0.25, 0.3) is 5.91 Å². The number of halogens is 3. The van der Waals surface area contributed by atoms with E-state index < -0.39 is 11.7 Å². The number of nitrogens with zero attached hydrogens (tertiary/aromatic N) is 1. The highest BCUT2D eigenvalue weighted by Gasteiger charge is 2.34. The van der Waals surface area contributed by atoms with E-state index in [0.717, 1.165) is 11.6 Å². The van der Waals surface area contributed by atoms with E-state index in [9.17, 15) is 18.0 Å². The van der Waals surface area contributed by atoms with Crippen molar-refractivity contribution in [2.45, 2.75) is 12.6 Å². The number of carbonyl (C=O) groups is 1. The highest BCUT2D eigenvalue weighted by atomic mass is 19.4. The molecule has 0 saturated heterocycles. The summed E-state index contributed by atoms with van der Waals surface area (Å²) in [5, 5.41) is 8.41. The lowest BCUT2D eigenvalue weighted by Gasteiger charge is -2.16. The fraction of sp³-hybridized carbons (Fsp3) is 0.130. The third kappa shape index (κ3) is 4.69. The zero-order valence-electron chi connectivity index (χ0n) is 16.3. The van der Waals surface area contributed by atoms with Gasteiger partial charge in [-0.1, -0.05) is 18.2 Å². The van der Waals surface area contributed by atoms with Crippen LogP contribution in [0.4, 0.5) is 30.2 Å². The van der Waals surface area contributed by atoms with Crippen molar-refractivity contribution in [1.82, 2.24) is 4.98 Å². The molecule has 0 bridgehead atoms. The minimum atomic E-state index is -4.53. The van der Waals surface area contributed by atoms with Gasteiger partial charge in [-0.3, -0.25) is 9.78 Å². The minimum Gasteiger partial charge on any atom is -0.384 e. The van der Waals surface area contributed by atoms with Gasteiger partial charge in [0.1, 0.15) is 0 Å². The molecule has 0 radical (unpaired) electrons. The van der Waals surface area contributed by atoms with Crippen LogP contribution in [-0.2, 0) is 17.4 Å². The maximum Gasteiger partial charge on any atom is 0.418 e. The van der Waals surface area contributed by atoms with Crippen molar-refractivity contribution in [3.63, 3.8) is 0 Å². The van der Waals surface area contributed by atoms with E-state index in [4.69, 9.17) is 0 Å². The Balaban J connectivity index is 1.51. The van der Waals surface area contributed by atoms with E-state index in [1.165, 1.54) is 12.3 Å². The largest absolute Gasteiger partial charge is 0.418 e. The zero-order chi connectivity index (χ0) is 21.8. The number of anilines is 3. The van der Waals surface area contributed by atoms with Crippen LogP contribution in [0.3, 0.4) is 0 Å². The smallest absolute Gasteiger partial charge is 0.384 e. The Morgan fingerprint density at radius 1 is 1.03 bits per heavy atom. The van der Waals surface area contributed by atoms with Crippen LogP contribution in [0.2, 0.25) is 0 Å². The molecule has 0 atom stereocenters. The summed E-state index contributed by atoms with van der Waals surface area (Å²) in [7, 11) is 0. The first-order chi connectivity index (χ1) is 14.9. The number of pyridine rings is 1. The first-order valence-corrected chi connectivity index (χ1v) is 9.63. The highest BCUT2D eigenvalue weighted by Crippen LogP contribution is 2.37. The van der Waals surface area contributed by atoms with Gasteiger partial charge >= 0.3 is 6.18 Å². The number of fused-ring (bicyclic) bond motifs is 1. The Hall–Kier alpha value is -3.81. The SMILES string of the molecule is O=C1Nc2ccccc2C1=CNc1ccc(NCCc2ccncc2)c(C(F)(F)F)c1. The second-order valence-corrected chi connectivity index (χ2v) is 6.99. The monoisotopic (exact) mass is 424 g/mol. The van der Waals surface area contributed by atoms with Crippen molar-refractivity contribution in [1.29, 1.82) is 0 Å². The molecule has 0 fully saturated rings. The first-order valence-electron chi connectivity index (χ1n) is 9.63. The number of amides is 1. The topological polar surface area (TPSA) is 66.1 Å². The summed E-state index contributed by atoms with van der Waals surface area (Å²) in [6.45, 7) is 0.348. The summed E-state index contributed by atoms with van der Waals surface area (Å²) < 4.78 is 40.9. The fourth-order valence-electron chi connectivity index (χ4n) is 3.35. The summed E-state index contributed by atoms with van der Waals surface area (Å²) in [6, 6.07) is 14.7. The summed E-state index contributed by atoms with van der Waals surface area (Å²) in [4.78, 5) is 16.1. The number of nitrogens with one attached hydrogen (secondary N) is 3. The third-order valence-corrected chi connectivity index (χ3v) is 4.90. The summed E-state index contributed by atoms with van der Waals surface area (Å²) >= 11 is 0. The lowest BCUT2D eigenvalue weighted by molar-refractivity contribution is -0.136. The molecule has 2 heterocycles. The molecule has 2 aromatic carbocycles. The number of hydrogen-bond acceptors (Lipinski definition) is 4. The van der Waals surface area contributed by atoms with Crippen molar-refractivity contribution in [2.24, 2.45) is 0 Å². The van der Waals surface area contributed by atoms with E-state index in [-0.39, 0.29) is 17.3 Å². The second kappa shape index (κ2) is 8.51. The predicted molar refractivity (Wildman–Crippen MR) is 115 cm³/mol. The maximum absolute atomic E-state index is 13.6. The van der Waals surface area contributed by atoms with Crippen LogP contribution in [0, 0.1) is 0 Å². The van der Waals surface area contributed by atoms with E-state index in [0.29, 0.717) is 29.8 Å². The Morgan fingerprint density at radius 3 is 2.58 bits per heavy atom. The highest BCUT2D eigenvalue weighted by molar-refractivity contribution is 6.31. The molecule has 8 heteroatoms. The van der Waals surface area contributed by atoms with Crippen molar-refractivity contribution in [3.05, 3.63) is 89.9 Å². The van der Waals surface area contributed by atoms with Crippen molar-refractivity contribution in [2.75, 3.05) is 22.5 Å². The molecule has 0 unspecified atom stereocenters. The fourth-order valence-corrected chi connectivity index (χ4v) is 3.35. The van der Waals surface area contributed by atoms with E-state index in [1.807, 2.05) is 12.1 Å². The molecule has 1 aromatic heterocycles. The van der Waals surface area contributed by atoms with Gasteiger partial charge in [-0.2, -0.15) is 13.2 Å². The van der Waals surface area contributed by atoms with Gasteiger partial charge in [-0.05, 0) is 48.4 Å². The van der Waals surface area contributed by atoms with Gasteiger partial charge in [-0.15, -0.1) is 0 Å². The quantitative estimate of drug-likeness (QED) is 0.478. The molecule has 158 valence electrons. The minimum absolute atomic E-state index is 0.00344. The lowest BCUT2D eigenvalue weighted by atomic mass is 10.1. The number of carbonyl (C=O) groups excluding carboxylic acids is 1. The Bertz CT molecular complexity index is 1130. The van der Waals surface area contributed by atoms with Crippen molar-refractivity contribution in [3.8, 4) is 0 Å². The number of para-hydroxylation sites is 1. The summed E-state index contributed by atoms with van der Waals surface area (Å²) in [5.74, 6) is -0.306. The van der Waals surface area contributed by atoms with Crippen LogP contribution in [0.15, 0.2) is 73.2 Å². The molecule has 3 N–H and O–H groups in total. The van der Waals surface area contributed by atoms with Crippen LogP contribution in [0.25, 0.3) is 5.57 Å². The van der Waals surface area contributed by atoms with E-state index in [2.05, 4.69) is 20.9 Å². The van der Waals surface area contributed by atoms with Gasteiger partial charge in [0.2, 0.25) is 0 Å². The van der Waals surface area contributed by atoms with Gasteiger partial charge in [-0.25, -0.2) is 0 Å². The summed E-state index contributed by atoms with van der Waals surface area (Å²) in [5.41, 5.74) is 2.18. The van der Waals surface area contributed by atoms with E-state index >= 15 is 0 Å². The number of rotatable bonds is 6. The Labute approximate surface area is 177 Å². The molecule has 1 aliphatic heterocycles. The summed E-state index contributed by atoms with van der Waals surface area (Å²) in [6.07, 6.45) is 0.762. The van der Waals surface area contributed by atoms with Crippen molar-refractivity contribution < 1.29 is 18.0 Å². The van der Waals surface area contributed by atoms with Crippen molar-refractivity contribution >= 4 is 28.5 Å². The molecule has 4 rings (SSSR count). The van der Waals surface area contributed by atoms with Gasteiger partial charge in [0.05, 0.1) is 11.1 Å². The average molecular weight is 424 g/mol. The van der Waals surface area contributed by atoms with E-state index in [1.54, 1.807) is 42.7 Å². The number of benzene rings is 2. The molecular weight excluding hydrogens is 405 g/mol. The molecule has 5 nitrogen and oxygen atoms in total. The third-order valence-electron chi connectivity index (χ3n) is 4.90. The first kappa shape index (κ1) is 20.5. The molecule has 3 aromatic rings. The molecule has 0 aliphatic carbocycles. The molecule has 0 spiro atoms. The zero-order valence-corrected chi connectivity index (χ0v) is 16.3. The number of hydrogen-bond donors (Lipinski definition) is 3. The molecule has 1 amide bonds. The Kier molecular flexibility index (Phi) is 5.62. The average Bonchev–Trinajstić information content (AvgIpc) is 3.08. The van der Waals surface area contributed by atoms with Crippen LogP contribution in [0.1, 0.15) is 16.7 Å². The van der Waals surface area contributed by atoms with Crippen LogP contribution < -0.4 is 16.0 Å².